The fourth-order valence-electron chi connectivity index (χ4n) is 0.271. The van der Waals surface area contributed by atoms with E-state index in [1.165, 1.54) is 0 Å². The molecule has 0 aromatic rings. The minimum atomic E-state index is 0.211. The van der Waals surface area contributed by atoms with Gasteiger partial charge >= 0.3 is 53.4 Å². The first-order valence-corrected chi connectivity index (χ1v) is 3.70. The second-order valence-electron chi connectivity index (χ2n) is 1.04. The molecule has 1 aliphatic rings. The van der Waals surface area contributed by atoms with Crippen LogP contribution in [-0.4, -0.2) is 18.6 Å². The first-order chi connectivity index (χ1) is 3.29. The molecule has 0 atom stereocenters. The molecular formula is C2H5N3SSe. The number of thiol groups is 1. The summed E-state index contributed by atoms with van der Waals surface area (Å²) in [6.45, 7) is 0. The summed E-state index contributed by atoms with van der Waals surface area (Å²) >= 11 is 4.18. The summed E-state index contributed by atoms with van der Waals surface area (Å²) in [5.41, 5.74) is 8.17. The fraction of sp³-hybridized carbons (Fsp3) is 0. The van der Waals surface area contributed by atoms with Crippen molar-refractivity contribution in [2.75, 3.05) is 0 Å². The molecule has 0 aromatic heterocycles. The standard InChI is InChI=1S/C2H5N3SSe/c3-2-1-4-5(6)7-2/h1,4,6H,3H2. The third-order valence-corrected chi connectivity index (χ3v) is 2.32. The summed E-state index contributed by atoms with van der Waals surface area (Å²) in [5.74, 6) is 0. The molecule has 0 bridgehead atoms. The van der Waals surface area contributed by atoms with Crippen LogP contribution < -0.4 is 11.2 Å². The van der Waals surface area contributed by atoms with Crippen molar-refractivity contribution in [1.29, 1.82) is 0 Å². The van der Waals surface area contributed by atoms with Crippen molar-refractivity contribution in [3.63, 3.8) is 0 Å². The molecule has 1 rings (SSSR count). The predicted molar refractivity (Wildman–Crippen MR) is 32.0 cm³/mol. The number of rotatable bonds is 0. The van der Waals surface area contributed by atoms with E-state index >= 15 is 0 Å². The van der Waals surface area contributed by atoms with Crippen molar-refractivity contribution < 1.29 is 0 Å². The fourth-order valence-corrected chi connectivity index (χ4v) is 1.68. The topological polar surface area (TPSA) is 41.3 Å². The molecule has 0 unspecified atom stereocenters. The van der Waals surface area contributed by atoms with Gasteiger partial charge in [0.15, 0.2) is 0 Å². The zero-order valence-corrected chi connectivity index (χ0v) is 6.06. The van der Waals surface area contributed by atoms with Gasteiger partial charge in [0, 0.05) is 0 Å². The normalized spacial score (nSPS) is 21.6. The molecule has 0 aliphatic carbocycles. The van der Waals surface area contributed by atoms with E-state index in [0.717, 1.165) is 4.60 Å². The molecule has 40 valence electrons. The van der Waals surface area contributed by atoms with Gasteiger partial charge in [0.2, 0.25) is 0 Å². The zero-order valence-electron chi connectivity index (χ0n) is 3.46. The number of nitrogens with two attached hydrogens (primary N) is 1. The van der Waals surface area contributed by atoms with Crippen molar-refractivity contribution in [2.24, 2.45) is 5.73 Å². The number of nitrogens with one attached hydrogen (secondary N) is 1. The van der Waals surface area contributed by atoms with Crippen LogP contribution in [0.15, 0.2) is 10.8 Å². The second-order valence-corrected chi connectivity index (χ2v) is 4.19. The van der Waals surface area contributed by atoms with Crippen LogP contribution >= 0.6 is 12.8 Å². The number of hydrogen-bond acceptors (Lipinski definition) is 4. The molecule has 0 amide bonds. The van der Waals surface area contributed by atoms with Crippen molar-refractivity contribution in [3.05, 3.63) is 10.8 Å². The van der Waals surface area contributed by atoms with Gasteiger partial charge in [-0.05, 0) is 0 Å². The quantitative estimate of drug-likeness (QED) is 0.333. The van der Waals surface area contributed by atoms with Gasteiger partial charge in [-0.3, -0.25) is 0 Å². The summed E-state index contributed by atoms with van der Waals surface area (Å²) in [6, 6.07) is 0. The summed E-state index contributed by atoms with van der Waals surface area (Å²) in [7, 11) is 0. The Bertz CT molecular complexity index is 103. The van der Waals surface area contributed by atoms with Crippen LogP contribution in [0.25, 0.3) is 0 Å². The third kappa shape index (κ3) is 1.28. The zero-order chi connectivity index (χ0) is 5.28. The van der Waals surface area contributed by atoms with Crippen LogP contribution in [-0.2, 0) is 0 Å². The van der Waals surface area contributed by atoms with Crippen molar-refractivity contribution >= 4 is 28.0 Å². The molecule has 7 heavy (non-hydrogen) atoms. The molecule has 0 fully saturated rings. The first-order valence-electron chi connectivity index (χ1n) is 1.68. The Balaban J connectivity index is 2.42. The van der Waals surface area contributed by atoms with E-state index in [-0.39, 0.29) is 15.2 Å². The van der Waals surface area contributed by atoms with Gasteiger partial charge in [0.05, 0.1) is 0 Å². The summed E-state index contributed by atoms with van der Waals surface area (Å²) in [4.78, 5) is 0. The van der Waals surface area contributed by atoms with Gasteiger partial charge < -0.3 is 0 Å². The molecule has 0 spiro atoms. The van der Waals surface area contributed by atoms with Gasteiger partial charge in [-0.1, -0.05) is 0 Å². The number of hydrazine groups is 1. The number of nitrogens with zero attached hydrogens (tertiary/aromatic N) is 1. The maximum absolute atomic E-state index is 5.36. The Kier molecular flexibility index (Phi) is 1.49. The Labute approximate surface area is 53.8 Å². The Morgan fingerprint density at radius 2 is 2.71 bits per heavy atom. The summed E-state index contributed by atoms with van der Waals surface area (Å²) < 4.78 is 2.55. The van der Waals surface area contributed by atoms with E-state index in [9.17, 15) is 0 Å². The van der Waals surface area contributed by atoms with Crippen LogP contribution in [0.1, 0.15) is 0 Å². The number of hydrogen-bond donors (Lipinski definition) is 3. The van der Waals surface area contributed by atoms with Crippen molar-refractivity contribution in [2.45, 2.75) is 0 Å². The van der Waals surface area contributed by atoms with Gasteiger partial charge in [-0.2, -0.15) is 0 Å². The van der Waals surface area contributed by atoms with Gasteiger partial charge in [-0.15, -0.1) is 0 Å². The van der Waals surface area contributed by atoms with Gasteiger partial charge in [0.25, 0.3) is 0 Å². The van der Waals surface area contributed by atoms with Gasteiger partial charge in [-0.25, -0.2) is 0 Å². The minimum absolute atomic E-state index is 0.211. The van der Waals surface area contributed by atoms with E-state index in [1.807, 2.05) is 0 Å². The Hall–Kier alpha value is 0.169. The molecule has 0 aromatic carbocycles. The molecule has 5 heteroatoms. The van der Waals surface area contributed by atoms with E-state index < -0.39 is 0 Å². The summed E-state index contributed by atoms with van der Waals surface area (Å²) in [6.07, 6.45) is 1.74. The first kappa shape index (κ1) is 5.31. The molecule has 3 N–H and O–H groups in total. The van der Waals surface area contributed by atoms with Crippen LogP contribution in [0, 0.1) is 0 Å². The predicted octanol–water partition coefficient (Wildman–Crippen LogP) is -0.972. The van der Waals surface area contributed by atoms with Crippen LogP contribution in [0.4, 0.5) is 0 Å². The molecule has 3 nitrogen and oxygen atoms in total. The summed E-state index contributed by atoms with van der Waals surface area (Å²) in [5, 5.41) is 0. The Morgan fingerprint density at radius 3 is 2.86 bits per heavy atom. The molecule has 0 saturated carbocycles. The van der Waals surface area contributed by atoms with Gasteiger partial charge in [0.1, 0.15) is 0 Å². The SMILES string of the molecule is NC1=CNN(S)[Se]1. The van der Waals surface area contributed by atoms with Crippen molar-refractivity contribution in [1.82, 2.24) is 8.86 Å². The molecule has 1 heterocycles. The Morgan fingerprint density at radius 1 is 2.00 bits per heavy atom. The van der Waals surface area contributed by atoms with Crippen LogP contribution in [0.5, 0.6) is 0 Å². The van der Waals surface area contributed by atoms with E-state index in [1.54, 1.807) is 9.63 Å². The average Bonchev–Trinajstić information content (AvgIpc) is 1.87. The molecular weight excluding hydrogens is 177 g/mol. The van der Waals surface area contributed by atoms with E-state index in [2.05, 4.69) is 18.2 Å². The molecule has 0 radical (unpaired) electrons. The van der Waals surface area contributed by atoms with Crippen LogP contribution in [0.3, 0.4) is 0 Å². The van der Waals surface area contributed by atoms with Crippen molar-refractivity contribution in [3.8, 4) is 0 Å². The monoisotopic (exact) mass is 183 g/mol. The molecule has 1 aliphatic heterocycles. The van der Waals surface area contributed by atoms with E-state index in [4.69, 9.17) is 5.73 Å². The van der Waals surface area contributed by atoms with Crippen LogP contribution in [0.2, 0.25) is 0 Å². The average molecular weight is 182 g/mol. The third-order valence-electron chi connectivity index (χ3n) is 0.509. The second kappa shape index (κ2) is 1.96. The molecule has 0 saturated heterocycles. The van der Waals surface area contributed by atoms with E-state index in [0.29, 0.717) is 0 Å². The maximum atomic E-state index is 5.36.